The SMILES string of the molecule is c1ccc(-c2ccc(N(c3ccc(-c4ccc5c(ccc6ccccc65)c4)cc3)c3cccc(-c4cccc5c4c4ccccc4n5-c4ccc5oc6ccccc6c5c4)c3)cc2)cc1. The molecule has 11 aromatic carbocycles. The van der Waals surface area contributed by atoms with Crippen molar-refractivity contribution in [3.8, 4) is 39.1 Å². The number of furan rings is 1. The van der Waals surface area contributed by atoms with Gasteiger partial charge >= 0.3 is 0 Å². The Hall–Kier alpha value is -8.66. The predicted octanol–water partition coefficient (Wildman–Crippen LogP) is 17.5. The topological polar surface area (TPSA) is 21.3 Å². The Morgan fingerprint density at radius 1 is 0.308 bits per heavy atom. The first-order chi connectivity index (χ1) is 32.2. The van der Waals surface area contributed by atoms with Crippen LogP contribution in [0.5, 0.6) is 0 Å². The standard InChI is InChI=1S/C62H40N2O/c1-2-12-41(13-3-1)42-26-31-48(32-27-42)63(49-33-28-43(29-34-49)45-30-36-53-47(38-45)25-24-44-14-4-5-17-52(44)53)50-16-10-15-46(39-50)54-20-11-22-59-62(54)56-19-6-8-21-58(56)64(59)51-35-37-61-57(40-51)55-18-7-9-23-60(55)65-61/h1-40H. The number of anilines is 3. The molecule has 0 atom stereocenters. The zero-order valence-corrected chi connectivity index (χ0v) is 35.4. The van der Waals surface area contributed by atoms with Crippen LogP contribution in [-0.4, -0.2) is 4.57 Å². The summed E-state index contributed by atoms with van der Waals surface area (Å²) in [5.41, 5.74) is 15.6. The average molecular weight is 829 g/mol. The molecule has 0 aliphatic carbocycles. The number of hydrogen-bond donors (Lipinski definition) is 0. The third kappa shape index (κ3) is 6.20. The van der Waals surface area contributed by atoms with Crippen LogP contribution in [0.15, 0.2) is 247 Å². The molecule has 0 aliphatic heterocycles. The van der Waals surface area contributed by atoms with Gasteiger partial charge in [0.05, 0.1) is 11.0 Å². The minimum absolute atomic E-state index is 0.893. The molecule has 0 radical (unpaired) electrons. The summed E-state index contributed by atoms with van der Waals surface area (Å²) in [6, 6.07) is 87.8. The summed E-state index contributed by atoms with van der Waals surface area (Å²) in [4.78, 5) is 2.38. The molecule has 65 heavy (non-hydrogen) atoms. The summed E-state index contributed by atoms with van der Waals surface area (Å²) in [5, 5.41) is 9.74. The van der Waals surface area contributed by atoms with Crippen LogP contribution in [-0.2, 0) is 0 Å². The molecule has 0 spiro atoms. The largest absolute Gasteiger partial charge is 0.456 e. The lowest BCUT2D eigenvalue weighted by Gasteiger charge is -2.26. The molecule has 304 valence electrons. The van der Waals surface area contributed by atoms with Gasteiger partial charge in [-0.15, -0.1) is 0 Å². The van der Waals surface area contributed by atoms with Crippen molar-refractivity contribution in [3.63, 3.8) is 0 Å². The van der Waals surface area contributed by atoms with E-state index in [9.17, 15) is 0 Å². The molecule has 2 aromatic heterocycles. The Morgan fingerprint density at radius 3 is 1.74 bits per heavy atom. The molecule has 3 nitrogen and oxygen atoms in total. The Balaban J connectivity index is 0.932. The molecule has 0 saturated heterocycles. The fourth-order valence-corrected chi connectivity index (χ4v) is 10.1. The van der Waals surface area contributed by atoms with Gasteiger partial charge in [-0.2, -0.15) is 0 Å². The number of benzene rings is 11. The lowest BCUT2D eigenvalue weighted by molar-refractivity contribution is 0.669. The molecular weight excluding hydrogens is 789 g/mol. The van der Waals surface area contributed by atoms with E-state index in [1.54, 1.807) is 0 Å². The molecule has 0 N–H and O–H groups in total. The maximum Gasteiger partial charge on any atom is 0.135 e. The zero-order chi connectivity index (χ0) is 42.8. The third-order valence-corrected chi connectivity index (χ3v) is 13.2. The number of hydrogen-bond acceptors (Lipinski definition) is 2. The van der Waals surface area contributed by atoms with E-state index in [-0.39, 0.29) is 0 Å². The highest BCUT2D eigenvalue weighted by atomic mass is 16.3. The number of aromatic nitrogens is 1. The van der Waals surface area contributed by atoms with Crippen molar-refractivity contribution in [3.05, 3.63) is 243 Å². The summed E-state index contributed by atoms with van der Waals surface area (Å²) < 4.78 is 8.64. The van der Waals surface area contributed by atoms with Crippen molar-refractivity contribution >= 4 is 82.4 Å². The second-order valence-corrected chi connectivity index (χ2v) is 16.9. The molecule has 0 saturated carbocycles. The summed E-state index contributed by atoms with van der Waals surface area (Å²) >= 11 is 0. The predicted molar refractivity (Wildman–Crippen MR) is 274 cm³/mol. The summed E-state index contributed by atoms with van der Waals surface area (Å²) in [5.74, 6) is 0. The van der Waals surface area contributed by atoms with Gasteiger partial charge in [0.1, 0.15) is 11.2 Å². The summed E-state index contributed by atoms with van der Waals surface area (Å²) in [6.45, 7) is 0. The monoisotopic (exact) mass is 828 g/mol. The number of nitrogens with zero attached hydrogens (tertiary/aromatic N) is 2. The van der Waals surface area contributed by atoms with Crippen LogP contribution in [0.25, 0.3) is 104 Å². The first kappa shape index (κ1) is 36.9. The van der Waals surface area contributed by atoms with Gasteiger partial charge in [-0.05, 0) is 134 Å². The highest BCUT2D eigenvalue weighted by molar-refractivity contribution is 6.16. The number of rotatable bonds is 7. The lowest BCUT2D eigenvalue weighted by atomic mass is 9.97. The van der Waals surface area contributed by atoms with Gasteiger partial charge in [0, 0.05) is 44.3 Å². The molecular formula is C62H40N2O. The molecule has 0 unspecified atom stereocenters. The average Bonchev–Trinajstić information content (AvgIpc) is 3.92. The lowest BCUT2D eigenvalue weighted by Crippen LogP contribution is -2.10. The van der Waals surface area contributed by atoms with Crippen molar-refractivity contribution in [2.45, 2.75) is 0 Å². The highest BCUT2D eigenvalue weighted by Crippen LogP contribution is 2.43. The van der Waals surface area contributed by atoms with E-state index in [1.807, 2.05) is 12.1 Å². The van der Waals surface area contributed by atoms with Crippen LogP contribution in [0.1, 0.15) is 0 Å². The second-order valence-electron chi connectivity index (χ2n) is 16.9. The van der Waals surface area contributed by atoms with Crippen LogP contribution >= 0.6 is 0 Å². The van der Waals surface area contributed by atoms with E-state index in [0.717, 1.165) is 55.8 Å². The number of para-hydroxylation sites is 2. The maximum absolute atomic E-state index is 6.24. The summed E-state index contributed by atoms with van der Waals surface area (Å²) in [7, 11) is 0. The third-order valence-electron chi connectivity index (χ3n) is 13.2. The molecule has 0 bridgehead atoms. The van der Waals surface area contributed by atoms with E-state index < -0.39 is 0 Å². The zero-order valence-electron chi connectivity index (χ0n) is 35.4. The highest BCUT2D eigenvalue weighted by Gasteiger charge is 2.20. The van der Waals surface area contributed by atoms with Crippen molar-refractivity contribution in [1.82, 2.24) is 4.57 Å². The fraction of sp³-hybridized carbons (Fsp3) is 0. The van der Waals surface area contributed by atoms with Crippen molar-refractivity contribution in [1.29, 1.82) is 0 Å². The van der Waals surface area contributed by atoms with Crippen LogP contribution in [0.4, 0.5) is 17.1 Å². The van der Waals surface area contributed by atoms with E-state index in [0.29, 0.717) is 0 Å². The van der Waals surface area contributed by atoms with E-state index in [1.165, 1.54) is 65.7 Å². The number of fused-ring (bicyclic) bond motifs is 9. The van der Waals surface area contributed by atoms with Crippen molar-refractivity contribution in [2.24, 2.45) is 0 Å². The molecule has 0 aliphatic rings. The van der Waals surface area contributed by atoms with E-state index in [2.05, 4.69) is 240 Å². The molecule has 13 aromatic rings. The van der Waals surface area contributed by atoms with Crippen molar-refractivity contribution in [2.75, 3.05) is 4.90 Å². The Bertz CT molecular complexity index is 3930. The van der Waals surface area contributed by atoms with Gasteiger partial charge in [0.2, 0.25) is 0 Å². The van der Waals surface area contributed by atoms with Gasteiger partial charge in [-0.25, -0.2) is 0 Å². The quantitative estimate of drug-likeness (QED) is 0.149. The molecule has 2 heterocycles. The van der Waals surface area contributed by atoms with Crippen LogP contribution in [0.3, 0.4) is 0 Å². The first-order valence-corrected chi connectivity index (χ1v) is 22.2. The minimum Gasteiger partial charge on any atom is -0.456 e. The van der Waals surface area contributed by atoms with Crippen LogP contribution < -0.4 is 4.90 Å². The molecule has 0 fully saturated rings. The summed E-state index contributed by atoms with van der Waals surface area (Å²) in [6.07, 6.45) is 0. The van der Waals surface area contributed by atoms with Gasteiger partial charge in [-0.1, -0.05) is 164 Å². The minimum atomic E-state index is 0.893. The van der Waals surface area contributed by atoms with Gasteiger partial charge in [0.15, 0.2) is 0 Å². The van der Waals surface area contributed by atoms with E-state index >= 15 is 0 Å². The Labute approximate surface area is 376 Å². The van der Waals surface area contributed by atoms with Gasteiger partial charge in [-0.3, -0.25) is 0 Å². The van der Waals surface area contributed by atoms with Crippen LogP contribution in [0, 0.1) is 0 Å². The van der Waals surface area contributed by atoms with Crippen molar-refractivity contribution < 1.29 is 4.42 Å². The van der Waals surface area contributed by atoms with Crippen LogP contribution in [0.2, 0.25) is 0 Å². The Kier molecular flexibility index (Phi) is 8.53. The maximum atomic E-state index is 6.24. The normalized spacial score (nSPS) is 11.7. The molecule has 13 rings (SSSR count). The van der Waals surface area contributed by atoms with E-state index in [4.69, 9.17) is 4.42 Å². The smallest absolute Gasteiger partial charge is 0.135 e. The molecule has 0 amide bonds. The Morgan fingerprint density at radius 2 is 0.908 bits per heavy atom. The first-order valence-electron chi connectivity index (χ1n) is 22.2. The fourth-order valence-electron chi connectivity index (χ4n) is 10.1. The van der Waals surface area contributed by atoms with Gasteiger partial charge < -0.3 is 13.9 Å². The molecule has 3 heteroatoms. The van der Waals surface area contributed by atoms with Gasteiger partial charge in [0.25, 0.3) is 0 Å². The second kappa shape index (κ2) is 15.0.